The van der Waals surface area contributed by atoms with E-state index in [0.29, 0.717) is 23.4 Å². The molecule has 4 nitrogen and oxygen atoms in total. The molecule has 2 heterocycles. The maximum absolute atomic E-state index is 13.7. The number of pyridine rings is 1. The molecular formula is C13H17BrFN3O. The smallest absolute Gasteiger partial charge is 0.225 e. The zero-order valence-corrected chi connectivity index (χ0v) is 12.8. The molecule has 0 bridgehead atoms. The lowest BCUT2D eigenvalue weighted by molar-refractivity contribution is -0.129. The van der Waals surface area contributed by atoms with E-state index in [2.05, 4.69) is 26.2 Å². The predicted octanol–water partition coefficient (Wildman–Crippen LogP) is 2.33. The average molecular weight is 330 g/mol. The van der Waals surface area contributed by atoms with Crippen LogP contribution in [0.4, 0.5) is 10.2 Å². The maximum atomic E-state index is 13.7. The fourth-order valence-corrected chi connectivity index (χ4v) is 2.09. The fourth-order valence-electron chi connectivity index (χ4n) is 1.78. The lowest BCUT2D eigenvalue weighted by Crippen LogP contribution is -2.61. The van der Waals surface area contributed by atoms with E-state index in [1.54, 1.807) is 6.20 Å². The van der Waals surface area contributed by atoms with Gasteiger partial charge in [-0.15, -0.1) is 0 Å². The van der Waals surface area contributed by atoms with Crippen molar-refractivity contribution in [3.05, 3.63) is 22.6 Å². The van der Waals surface area contributed by atoms with Gasteiger partial charge in [0.2, 0.25) is 5.91 Å². The van der Waals surface area contributed by atoms with Crippen LogP contribution in [0.25, 0.3) is 0 Å². The molecule has 0 spiro atoms. The molecule has 0 aliphatic carbocycles. The summed E-state index contributed by atoms with van der Waals surface area (Å²) in [7, 11) is 0. The quantitative estimate of drug-likeness (QED) is 0.905. The van der Waals surface area contributed by atoms with E-state index in [1.807, 2.05) is 25.7 Å². The number of amides is 1. The topological polar surface area (TPSA) is 45.2 Å². The van der Waals surface area contributed by atoms with Crippen molar-refractivity contribution < 1.29 is 9.18 Å². The second-order valence-electron chi connectivity index (χ2n) is 5.78. The summed E-state index contributed by atoms with van der Waals surface area (Å²) >= 11 is 3.17. The second kappa shape index (κ2) is 5.07. The molecule has 1 fully saturated rings. The number of aromatic nitrogens is 1. The van der Waals surface area contributed by atoms with Gasteiger partial charge in [-0.25, -0.2) is 9.37 Å². The Hall–Kier alpha value is -1.17. The van der Waals surface area contributed by atoms with Crippen molar-refractivity contribution in [1.29, 1.82) is 0 Å². The average Bonchev–Trinajstić information content (AvgIpc) is 2.22. The first-order valence-corrected chi connectivity index (χ1v) is 6.93. The third kappa shape index (κ3) is 3.23. The standard InChI is InChI=1S/C13H17BrFN3O/c1-13(2,3)12(19)17-9-6-18(7-9)11-10(15)4-8(14)5-16-11/h4-5,9H,6-7H2,1-3H3,(H,17,19). The van der Waals surface area contributed by atoms with Gasteiger partial charge in [-0.3, -0.25) is 4.79 Å². The third-order valence-electron chi connectivity index (χ3n) is 2.99. The lowest BCUT2D eigenvalue weighted by atomic mass is 9.94. The number of carbonyl (C=O) groups is 1. The molecule has 1 saturated heterocycles. The normalized spacial score (nSPS) is 16.2. The Morgan fingerprint density at radius 2 is 2.16 bits per heavy atom. The summed E-state index contributed by atoms with van der Waals surface area (Å²) in [5.74, 6) is 0.000757. The van der Waals surface area contributed by atoms with Crippen LogP contribution in [0.3, 0.4) is 0 Å². The van der Waals surface area contributed by atoms with Crippen molar-refractivity contribution in [3.63, 3.8) is 0 Å². The van der Waals surface area contributed by atoms with E-state index < -0.39 is 5.41 Å². The molecule has 0 saturated carbocycles. The largest absolute Gasteiger partial charge is 0.350 e. The molecule has 1 amide bonds. The minimum absolute atomic E-state index is 0.0152. The van der Waals surface area contributed by atoms with Crippen LogP contribution in [0.1, 0.15) is 20.8 Å². The molecular weight excluding hydrogens is 313 g/mol. The van der Waals surface area contributed by atoms with Crippen LogP contribution in [0.5, 0.6) is 0 Å². The molecule has 0 unspecified atom stereocenters. The van der Waals surface area contributed by atoms with Gasteiger partial charge in [0.25, 0.3) is 0 Å². The molecule has 0 atom stereocenters. The predicted molar refractivity (Wildman–Crippen MR) is 75.5 cm³/mol. The zero-order chi connectivity index (χ0) is 14.2. The summed E-state index contributed by atoms with van der Waals surface area (Å²) in [4.78, 5) is 17.7. The summed E-state index contributed by atoms with van der Waals surface area (Å²) in [6.07, 6.45) is 1.57. The number of carbonyl (C=O) groups excluding carboxylic acids is 1. The monoisotopic (exact) mass is 329 g/mol. The fraction of sp³-hybridized carbons (Fsp3) is 0.538. The van der Waals surface area contributed by atoms with E-state index in [0.717, 1.165) is 0 Å². The molecule has 1 aliphatic rings. The molecule has 0 aromatic carbocycles. The van der Waals surface area contributed by atoms with Gasteiger partial charge in [0.1, 0.15) is 0 Å². The first-order valence-electron chi connectivity index (χ1n) is 6.14. The first-order chi connectivity index (χ1) is 8.77. The third-order valence-corrected chi connectivity index (χ3v) is 3.42. The van der Waals surface area contributed by atoms with Crippen molar-refractivity contribution in [3.8, 4) is 0 Å². The summed E-state index contributed by atoms with van der Waals surface area (Å²) in [5, 5.41) is 2.95. The minimum Gasteiger partial charge on any atom is -0.350 e. The highest BCUT2D eigenvalue weighted by Gasteiger charge is 2.33. The number of nitrogens with zero attached hydrogens (tertiary/aromatic N) is 2. The van der Waals surface area contributed by atoms with Gasteiger partial charge in [-0.05, 0) is 22.0 Å². The SMILES string of the molecule is CC(C)(C)C(=O)NC1CN(c2ncc(Br)cc2F)C1. The molecule has 1 N–H and O–H groups in total. The summed E-state index contributed by atoms with van der Waals surface area (Å²) < 4.78 is 14.3. The number of halogens is 2. The summed E-state index contributed by atoms with van der Waals surface area (Å²) in [6.45, 7) is 6.79. The van der Waals surface area contributed by atoms with Crippen molar-refractivity contribution in [1.82, 2.24) is 10.3 Å². The second-order valence-corrected chi connectivity index (χ2v) is 6.70. The molecule has 19 heavy (non-hydrogen) atoms. The lowest BCUT2D eigenvalue weighted by Gasteiger charge is -2.41. The number of nitrogens with one attached hydrogen (secondary N) is 1. The molecule has 1 aromatic heterocycles. The van der Waals surface area contributed by atoms with E-state index in [4.69, 9.17) is 0 Å². The molecule has 2 rings (SSSR count). The van der Waals surface area contributed by atoms with Gasteiger partial charge in [0.15, 0.2) is 11.6 Å². The Morgan fingerprint density at radius 1 is 1.53 bits per heavy atom. The number of anilines is 1. The highest BCUT2D eigenvalue weighted by atomic mass is 79.9. The molecule has 104 valence electrons. The minimum atomic E-state index is -0.401. The van der Waals surface area contributed by atoms with Gasteiger partial charge in [0.05, 0.1) is 6.04 Å². The Kier molecular flexibility index (Phi) is 3.80. The van der Waals surface area contributed by atoms with Crippen molar-refractivity contribution in [2.24, 2.45) is 5.41 Å². The van der Waals surface area contributed by atoms with Gasteiger partial charge >= 0.3 is 0 Å². The van der Waals surface area contributed by atoms with E-state index in [-0.39, 0.29) is 17.8 Å². The Balaban J connectivity index is 1.91. The Labute approximate surface area is 120 Å². The van der Waals surface area contributed by atoms with Crippen LogP contribution in [0.2, 0.25) is 0 Å². The van der Waals surface area contributed by atoms with Gasteiger partial charge in [0, 0.05) is 29.2 Å². The number of hydrogen-bond donors (Lipinski definition) is 1. The highest BCUT2D eigenvalue weighted by molar-refractivity contribution is 9.10. The van der Waals surface area contributed by atoms with Crippen LogP contribution >= 0.6 is 15.9 Å². The molecule has 1 aliphatic heterocycles. The van der Waals surface area contributed by atoms with Gasteiger partial charge in [-0.1, -0.05) is 20.8 Å². The van der Waals surface area contributed by atoms with Crippen molar-refractivity contribution in [2.45, 2.75) is 26.8 Å². The summed E-state index contributed by atoms with van der Waals surface area (Å²) in [5.41, 5.74) is -0.401. The van der Waals surface area contributed by atoms with Crippen LogP contribution in [-0.2, 0) is 4.79 Å². The highest BCUT2D eigenvalue weighted by Crippen LogP contribution is 2.24. The van der Waals surface area contributed by atoms with E-state index in [9.17, 15) is 9.18 Å². The summed E-state index contributed by atoms with van der Waals surface area (Å²) in [6, 6.07) is 1.46. The number of rotatable bonds is 2. The van der Waals surface area contributed by atoms with Crippen LogP contribution in [0, 0.1) is 11.2 Å². The molecule has 0 radical (unpaired) electrons. The molecule has 1 aromatic rings. The first kappa shape index (κ1) is 14.2. The zero-order valence-electron chi connectivity index (χ0n) is 11.2. The Morgan fingerprint density at radius 3 is 2.68 bits per heavy atom. The van der Waals surface area contributed by atoms with Crippen LogP contribution < -0.4 is 10.2 Å². The van der Waals surface area contributed by atoms with Gasteiger partial charge in [-0.2, -0.15) is 0 Å². The van der Waals surface area contributed by atoms with E-state index in [1.165, 1.54) is 6.07 Å². The van der Waals surface area contributed by atoms with Crippen LogP contribution in [0.15, 0.2) is 16.7 Å². The van der Waals surface area contributed by atoms with E-state index >= 15 is 0 Å². The van der Waals surface area contributed by atoms with Crippen molar-refractivity contribution in [2.75, 3.05) is 18.0 Å². The van der Waals surface area contributed by atoms with Crippen molar-refractivity contribution >= 4 is 27.7 Å². The number of hydrogen-bond acceptors (Lipinski definition) is 3. The van der Waals surface area contributed by atoms with Crippen LogP contribution in [-0.4, -0.2) is 30.0 Å². The maximum Gasteiger partial charge on any atom is 0.225 e. The van der Waals surface area contributed by atoms with Gasteiger partial charge < -0.3 is 10.2 Å². The Bertz CT molecular complexity index is 495. The molecule has 6 heteroatoms.